The highest BCUT2D eigenvalue weighted by molar-refractivity contribution is 6.90. The largest absolute Gasteiger partial charge is 0.503 e. The van der Waals surface area contributed by atoms with Crippen LogP contribution < -0.4 is 5.32 Å². The second-order valence-electron chi connectivity index (χ2n) is 14.9. The molecule has 0 aliphatic heterocycles. The topological polar surface area (TPSA) is 108 Å². The monoisotopic (exact) mass is 824 g/mol. The van der Waals surface area contributed by atoms with Crippen LogP contribution in [0.1, 0.15) is 27.2 Å². The summed E-state index contributed by atoms with van der Waals surface area (Å²) in [6.07, 6.45) is 1.91. The Morgan fingerprint density at radius 3 is 1.48 bits per heavy atom. The van der Waals surface area contributed by atoms with Gasteiger partial charge in [-0.05, 0) is 109 Å². The molecule has 0 amide bonds. The van der Waals surface area contributed by atoms with Gasteiger partial charge in [-0.2, -0.15) is 0 Å². The van der Waals surface area contributed by atoms with Crippen LogP contribution in [0.15, 0.2) is 0 Å². The lowest BCUT2D eigenvalue weighted by atomic mass is 10.3. The summed E-state index contributed by atoms with van der Waals surface area (Å²) < 4.78 is 64.8. The summed E-state index contributed by atoms with van der Waals surface area (Å²) in [4.78, 5) is 0. The van der Waals surface area contributed by atoms with E-state index in [0.717, 1.165) is 44.3 Å². The Hall–Kier alpha value is 1.26. The Labute approximate surface area is 305 Å². The molecule has 0 aromatic rings. The molecule has 2 unspecified atom stereocenters. The Bertz CT molecular complexity index is 880. The molecule has 20 heteroatoms. The van der Waals surface area contributed by atoms with E-state index in [0.29, 0.717) is 5.54 Å². The minimum atomic E-state index is -2.87. The molecule has 0 saturated heterocycles. The molecule has 2 atom stereocenters. The summed E-state index contributed by atoms with van der Waals surface area (Å²) >= 11 is 0. The summed E-state index contributed by atoms with van der Waals surface area (Å²) in [7, 11) is -7.84. The van der Waals surface area contributed by atoms with Gasteiger partial charge in [-0.1, -0.05) is 20.8 Å². The second kappa shape index (κ2) is 21.2. The van der Waals surface area contributed by atoms with E-state index in [4.69, 9.17) is 43.0 Å². The van der Waals surface area contributed by atoms with Crippen LogP contribution in [0.2, 0.25) is 88.6 Å². The van der Waals surface area contributed by atoms with Crippen molar-refractivity contribution >= 4 is 69.6 Å². The standard InChI is InChI=1S/C28H76N2O10Si8/c1-20-30(21-2)43(12,13)38-45(16,17)40-46(18,19)39-44(14,15)37-42(10,11)25-28(27(3)48(34-7,35-8)36-9)41-26-29-23-22-24-47(31-4,32-5)33-6/h27-29H,20-26,41H2,1-19H3. The van der Waals surface area contributed by atoms with Crippen molar-refractivity contribution in [2.24, 2.45) is 0 Å². The average molecular weight is 826 g/mol. The highest BCUT2D eigenvalue weighted by Gasteiger charge is 2.51. The lowest BCUT2D eigenvalue weighted by molar-refractivity contribution is 0.112. The third-order valence-electron chi connectivity index (χ3n) is 8.86. The van der Waals surface area contributed by atoms with Crippen molar-refractivity contribution < 1.29 is 43.0 Å². The third-order valence-corrected chi connectivity index (χ3v) is 38.1. The van der Waals surface area contributed by atoms with Gasteiger partial charge in [-0.15, -0.1) is 0 Å². The van der Waals surface area contributed by atoms with Crippen LogP contribution in [0.4, 0.5) is 0 Å². The molecule has 0 spiro atoms. The van der Waals surface area contributed by atoms with Gasteiger partial charge < -0.3 is 52.9 Å². The first kappa shape index (κ1) is 49.3. The number of nitrogens with one attached hydrogen (secondary N) is 1. The summed E-state index contributed by atoms with van der Waals surface area (Å²) in [6, 6.07) is 1.76. The van der Waals surface area contributed by atoms with Crippen molar-refractivity contribution in [2.45, 2.75) is 116 Å². The first-order valence-electron chi connectivity index (χ1n) is 17.5. The molecule has 0 radical (unpaired) electrons. The quantitative estimate of drug-likeness (QED) is 0.0802. The van der Waals surface area contributed by atoms with Gasteiger partial charge in [-0.25, -0.2) is 0 Å². The van der Waals surface area contributed by atoms with E-state index in [9.17, 15) is 0 Å². The molecule has 0 aromatic carbocycles. The number of hydrogen-bond acceptors (Lipinski definition) is 12. The van der Waals surface area contributed by atoms with Crippen LogP contribution >= 0.6 is 0 Å². The minimum Gasteiger partial charge on any atom is -0.436 e. The zero-order chi connectivity index (χ0) is 37.7. The second-order valence-corrected chi connectivity index (χ2v) is 42.6. The Kier molecular flexibility index (Phi) is 21.8. The fraction of sp³-hybridized carbons (Fsp3) is 1.00. The van der Waals surface area contributed by atoms with Gasteiger partial charge >= 0.3 is 43.3 Å². The SMILES string of the molecule is CCN(CC)[Si](C)(C)O[Si](C)(C)O[Si](C)(C)O[Si](C)(C)O[Si](C)(C)CC([SiH2]CNCCC[Si](OC)(OC)OC)C(C)[Si](OC)(OC)OC. The van der Waals surface area contributed by atoms with Gasteiger partial charge in [0.25, 0.3) is 8.48 Å². The molecule has 0 rings (SSSR count). The highest BCUT2D eigenvalue weighted by atomic mass is 28.5. The van der Waals surface area contributed by atoms with Gasteiger partial charge in [0, 0.05) is 63.8 Å². The van der Waals surface area contributed by atoms with Crippen LogP contribution in [-0.2, 0) is 43.0 Å². The zero-order valence-electron chi connectivity index (χ0n) is 34.3. The van der Waals surface area contributed by atoms with Gasteiger partial charge in [0.1, 0.15) is 0 Å². The van der Waals surface area contributed by atoms with Crippen molar-refractivity contribution in [3.8, 4) is 0 Å². The summed E-state index contributed by atoms with van der Waals surface area (Å²) in [5.41, 5.74) is 0.536. The van der Waals surface area contributed by atoms with Crippen LogP contribution in [0.5, 0.6) is 0 Å². The summed E-state index contributed by atoms with van der Waals surface area (Å²) in [5, 5.41) is 3.69. The number of rotatable bonds is 28. The molecule has 0 aliphatic rings. The lowest BCUT2D eigenvalue weighted by Gasteiger charge is -2.45. The van der Waals surface area contributed by atoms with Crippen molar-refractivity contribution in [1.29, 1.82) is 0 Å². The predicted octanol–water partition coefficient (Wildman–Crippen LogP) is 5.45. The van der Waals surface area contributed by atoms with E-state index in [1.165, 1.54) is 0 Å². The summed E-state index contributed by atoms with van der Waals surface area (Å²) in [5.74, 6) is 0. The molecule has 48 heavy (non-hydrogen) atoms. The van der Waals surface area contributed by atoms with Crippen molar-refractivity contribution in [3.63, 3.8) is 0 Å². The van der Waals surface area contributed by atoms with Crippen molar-refractivity contribution in [2.75, 3.05) is 68.5 Å². The van der Waals surface area contributed by atoms with E-state index in [1.54, 1.807) is 42.7 Å². The van der Waals surface area contributed by atoms with E-state index >= 15 is 0 Å². The number of nitrogens with zero attached hydrogens (tertiary/aromatic N) is 1. The minimum absolute atomic E-state index is 0.138. The molecule has 290 valence electrons. The highest BCUT2D eigenvalue weighted by Crippen LogP contribution is 2.41. The zero-order valence-corrected chi connectivity index (χ0v) is 42.8. The molecule has 1 N–H and O–H groups in total. The molecule has 0 bridgehead atoms. The van der Waals surface area contributed by atoms with Gasteiger partial charge in [0.2, 0.25) is 0 Å². The van der Waals surface area contributed by atoms with Crippen molar-refractivity contribution in [3.05, 3.63) is 0 Å². The first-order chi connectivity index (χ1) is 21.9. The van der Waals surface area contributed by atoms with Crippen LogP contribution in [0, 0.1) is 0 Å². The molecular formula is C28H76N2O10Si8. The smallest absolute Gasteiger partial charge is 0.436 e. The van der Waals surface area contributed by atoms with E-state index < -0.39 is 69.6 Å². The molecule has 0 aliphatic carbocycles. The van der Waals surface area contributed by atoms with Gasteiger partial charge in [-0.3, -0.25) is 0 Å². The average Bonchev–Trinajstić information content (AvgIpc) is 2.95. The van der Waals surface area contributed by atoms with Crippen LogP contribution in [0.3, 0.4) is 0 Å². The van der Waals surface area contributed by atoms with Crippen molar-refractivity contribution in [1.82, 2.24) is 9.88 Å². The van der Waals surface area contributed by atoms with E-state index in [-0.39, 0.29) is 5.54 Å². The Balaban J connectivity index is 5.74. The maximum absolute atomic E-state index is 7.11. The van der Waals surface area contributed by atoms with Crippen LogP contribution in [-0.4, -0.2) is 143 Å². The third kappa shape index (κ3) is 16.5. The van der Waals surface area contributed by atoms with Crippen LogP contribution in [0.25, 0.3) is 0 Å². The van der Waals surface area contributed by atoms with Gasteiger partial charge in [0.15, 0.2) is 8.32 Å². The van der Waals surface area contributed by atoms with E-state index in [2.05, 4.69) is 96.1 Å². The predicted molar refractivity (Wildman–Crippen MR) is 217 cm³/mol. The molecule has 12 nitrogen and oxygen atoms in total. The molecule has 0 fully saturated rings. The normalized spacial score (nSPS) is 16.0. The fourth-order valence-electron chi connectivity index (χ4n) is 7.26. The lowest BCUT2D eigenvalue weighted by Crippen LogP contribution is -2.62. The van der Waals surface area contributed by atoms with E-state index in [1.807, 2.05) is 0 Å². The first-order valence-corrected chi connectivity index (χ1v) is 37.5. The fourth-order valence-corrected chi connectivity index (χ4v) is 42.3. The van der Waals surface area contributed by atoms with Gasteiger partial charge in [0.05, 0.1) is 0 Å². The number of hydrogen-bond donors (Lipinski definition) is 1. The molecular weight excluding hydrogens is 749 g/mol. The maximum atomic E-state index is 7.11. The Morgan fingerprint density at radius 2 is 1.06 bits per heavy atom. The Morgan fingerprint density at radius 1 is 0.625 bits per heavy atom. The maximum Gasteiger partial charge on any atom is 0.503 e. The molecule has 0 saturated carbocycles. The summed E-state index contributed by atoms with van der Waals surface area (Å²) in [6.45, 7) is 31.6. The molecule has 0 heterocycles. The molecule has 0 aromatic heterocycles.